The molecule has 4 unspecified atom stereocenters. The minimum atomic E-state index is -4.96. The maximum absolute atomic E-state index is 13.1. The van der Waals surface area contributed by atoms with Gasteiger partial charge >= 0.3 is 39.5 Å². The highest BCUT2D eigenvalue weighted by atomic mass is 31.2. The lowest BCUT2D eigenvalue weighted by Gasteiger charge is -2.21. The predicted octanol–water partition coefficient (Wildman–Crippen LogP) is 24.1. The van der Waals surface area contributed by atoms with Gasteiger partial charge in [0, 0.05) is 25.7 Å². The van der Waals surface area contributed by atoms with Crippen molar-refractivity contribution < 1.29 is 80.2 Å². The average Bonchev–Trinajstić information content (AvgIpc) is 0.933. The van der Waals surface area contributed by atoms with Crippen LogP contribution in [-0.2, 0) is 65.4 Å². The van der Waals surface area contributed by atoms with Gasteiger partial charge in [0.1, 0.15) is 19.3 Å². The van der Waals surface area contributed by atoms with Crippen molar-refractivity contribution in [2.75, 3.05) is 39.6 Å². The van der Waals surface area contributed by atoms with E-state index in [-0.39, 0.29) is 25.7 Å². The van der Waals surface area contributed by atoms with E-state index in [0.29, 0.717) is 25.7 Å². The first kappa shape index (κ1) is 98.1. The van der Waals surface area contributed by atoms with Crippen LogP contribution in [0, 0.1) is 17.8 Å². The molecule has 7 atom stereocenters. The van der Waals surface area contributed by atoms with Gasteiger partial charge in [-0.1, -0.05) is 370 Å². The maximum Gasteiger partial charge on any atom is 0.472 e. The van der Waals surface area contributed by atoms with E-state index in [1.165, 1.54) is 231 Å². The van der Waals surface area contributed by atoms with Gasteiger partial charge in [0.2, 0.25) is 0 Å². The molecular weight excluding hydrogens is 1310 g/mol. The van der Waals surface area contributed by atoms with Gasteiger partial charge in [-0.15, -0.1) is 0 Å². The van der Waals surface area contributed by atoms with Crippen LogP contribution in [0.2, 0.25) is 0 Å². The van der Waals surface area contributed by atoms with Crippen molar-refractivity contribution in [1.29, 1.82) is 0 Å². The Labute approximate surface area is 613 Å². The average molecular weight is 1470 g/mol. The second kappa shape index (κ2) is 71.3. The molecule has 0 rings (SSSR count). The summed E-state index contributed by atoms with van der Waals surface area (Å²) in [5.41, 5.74) is 0. The van der Waals surface area contributed by atoms with Gasteiger partial charge < -0.3 is 33.8 Å². The second-order valence-electron chi connectivity index (χ2n) is 30.1. The number of esters is 4. The number of hydrogen-bond donors (Lipinski definition) is 3. The van der Waals surface area contributed by atoms with E-state index in [1.807, 2.05) is 0 Å². The first-order valence-corrected chi connectivity index (χ1v) is 44.9. The fraction of sp³-hybridized carbons (Fsp3) is 0.951. The Morgan fingerprint density at radius 2 is 0.510 bits per heavy atom. The Balaban J connectivity index is 5.27. The number of ether oxygens (including phenoxy) is 4. The quantitative estimate of drug-likeness (QED) is 0.0222. The molecule has 0 saturated heterocycles. The molecule has 0 aromatic carbocycles. The van der Waals surface area contributed by atoms with Crippen LogP contribution in [0.15, 0.2) is 0 Å². The zero-order valence-electron chi connectivity index (χ0n) is 65.7. The Morgan fingerprint density at radius 3 is 0.760 bits per heavy atom. The molecule has 0 radical (unpaired) electrons. The van der Waals surface area contributed by atoms with Crippen molar-refractivity contribution in [3.05, 3.63) is 0 Å². The third-order valence-electron chi connectivity index (χ3n) is 19.6. The van der Waals surface area contributed by atoms with Crippen LogP contribution in [0.1, 0.15) is 421 Å². The molecule has 3 N–H and O–H groups in total. The molecular formula is C81H158O17P2. The van der Waals surface area contributed by atoms with E-state index >= 15 is 0 Å². The van der Waals surface area contributed by atoms with Crippen LogP contribution >= 0.6 is 15.6 Å². The summed E-state index contributed by atoms with van der Waals surface area (Å²) in [5, 5.41) is 10.6. The number of hydrogen-bond acceptors (Lipinski definition) is 15. The lowest BCUT2D eigenvalue weighted by Crippen LogP contribution is -2.30. The van der Waals surface area contributed by atoms with Crippen LogP contribution in [0.3, 0.4) is 0 Å². The monoisotopic (exact) mass is 1470 g/mol. The lowest BCUT2D eigenvalue weighted by atomic mass is 9.99. The van der Waals surface area contributed by atoms with E-state index in [4.69, 9.17) is 37.0 Å². The molecule has 0 amide bonds. The molecule has 0 bridgehead atoms. The molecule has 19 heteroatoms. The van der Waals surface area contributed by atoms with E-state index < -0.39 is 97.5 Å². The SMILES string of the molecule is CCCCCCCCCCCCCCCCCCC(=O)OC[C@H](COP(=O)(O)OC[C@@H](O)COP(=O)(O)OC[C@@H](COC(=O)CCCCCCCCCCCC(C)C)OC(=O)CCCCCCCCCCCCC(C)CC)OC(=O)CCCCCCCCCCCCCCCCC(C)CC. The first-order chi connectivity index (χ1) is 48.3. The van der Waals surface area contributed by atoms with E-state index in [2.05, 4.69) is 48.5 Å². The molecule has 0 spiro atoms. The minimum absolute atomic E-state index is 0.106. The normalized spacial score (nSPS) is 14.5. The third kappa shape index (κ3) is 71.7. The van der Waals surface area contributed by atoms with Crippen LogP contribution in [0.5, 0.6) is 0 Å². The Kier molecular flexibility index (Phi) is 69.9. The van der Waals surface area contributed by atoms with Crippen molar-refractivity contribution in [1.82, 2.24) is 0 Å². The Bertz CT molecular complexity index is 1940. The first-order valence-electron chi connectivity index (χ1n) is 41.9. The molecule has 0 aromatic heterocycles. The van der Waals surface area contributed by atoms with Gasteiger partial charge in [0.25, 0.3) is 0 Å². The molecule has 100 heavy (non-hydrogen) atoms. The second-order valence-corrected chi connectivity index (χ2v) is 33.0. The minimum Gasteiger partial charge on any atom is -0.462 e. The highest BCUT2D eigenvalue weighted by molar-refractivity contribution is 7.47. The summed E-state index contributed by atoms with van der Waals surface area (Å²) in [4.78, 5) is 73.1. The van der Waals surface area contributed by atoms with Crippen molar-refractivity contribution in [3.63, 3.8) is 0 Å². The highest BCUT2D eigenvalue weighted by Crippen LogP contribution is 2.45. The standard InChI is InChI=1S/C81H158O17P2/c1-8-11-12-13-14-15-16-17-18-19-23-26-34-41-48-55-62-78(83)91-68-76(97-80(85)64-57-50-43-35-27-24-21-20-22-25-32-39-46-53-60-73(6)9-2)70-95-99(87,88)93-66-75(82)67-94-100(89,90)96-71-77(69-92-79(84)63-56-49-42-37-30-31-38-45-52-59-72(4)5)98-81(86)65-58-51-44-36-29-28-33-40-47-54-61-74(7)10-3/h72-77,82H,8-71H2,1-7H3,(H,87,88)(H,89,90)/t73?,74?,75-,76-,77-/m1/s1. The zero-order chi connectivity index (χ0) is 73.7. The molecule has 0 aliphatic carbocycles. The van der Waals surface area contributed by atoms with Gasteiger partial charge in [-0.05, 0) is 43.4 Å². The fourth-order valence-corrected chi connectivity index (χ4v) is 14.0. The Morgan fingerprint density at radius 1 is 0.290 bits per heavy atom. The largest absolute Gasteiger partial charge is 0.472 e. The van der Waals surface area contributed by atoms with Crippen molar-refractivity contribution in [2.24, 2.45) is 17.8 Å². The summed E-state index contributed by atoms with van der Waals surface area (Å²) in [7, 11) is -9.92. The van der Waals surface area contributed by atoms with Crippen molar-refractivity contribution in [2.45, 2.75) is 439 Å². The molecule has 0 aromatic rings. The predicted molar refractivity (Wildman–Crippen MR) is 409 cm³/mol. The molecule has 0 saturated carbocycles. The smallest absolute Gasteiger partial charge is 0.462 e. The fourth-order valence-electron chi connectivity index (χ4n) is 12.4. The lowest BCUT2D eigenvalue weighted by molar-refractivity contribution is -0.161. The van der Waals surface area contributed by atoms with Gasteiger partial charge in [-0.25, -0.2) is 9.13 Å². The number of carbonyl (C=O) groups is 4. The molecule has 594 valence electrons. The summed E-state index contributed by atoms with van der Waals surface area (Å²) in [6, 6.07) is 0. The number of aliphatic hydroxyl groups is 1. The van der Waals surface area contributed by atoms with E-state index in [9.17, 15) is 43.2 Å². The molecule has 0 aliphatic heterocycles. The summed E-state index contributed by atoms with van der Waals surface area (Å²) < 4.78 is 68.8. The van der Waals surface area contributed by atoms with Crippen LogP contribution in [0.4, 0.5) is 0 Å². The number of phosphoric acid groups is 2. The summed E-state index contributed by atoms with van der Waals surface area (Å²) >= 11 is 0. The van der Waals surface area contributed by atoms with Crippen LogP contribution in [-0.4, -0.2) is 96.7 Å². The molecule has 0 heterocycles. The number of aliphatic hydroxyl groups excluding tert-OH is 1. The van der Waals surface area contributed by atoms with E-state index in [0.717, 1.165) is 108 Å². The summed E-state index contributed by atoms with van der Waals surface area (Å²) in [6.45, 7) is 12.0. The maximum atomic E-state index is 13.1. The number of unbranched alkanes of at least 4 members (excludes halogenated alkanes) is 45. The highest BCUT2D eigenvalue weighted by Gasteiger charge is 2.30. The molecule has 17 nitrogen and oxygen atoms in total. The van der Waals surface area contributed by atoms with E-state index in [1.54, 1.807) is 0 Å². The van der Waals surface area contributed by atoms with Gasteiger partial charge in [0.05, 0.1) is 26.4 Å². The molecule has 0 aliphatic rings. The number of phosphoric ester groups is 2. The van der Waals surface area contributed by atoms with Gasteiger partial charge in [0.15, 0.2) is 12.2 Å². The molecule has 0 fully saturated rings. The summed E-state index contributed by atoms with van der Waals surface area (Å²) in [5.74, 6) is 0.283. The van der Waals surface area contributed by atoms with Crippen molar-refractivity contribution >= 4 is 39.5 Å². The summed E-state index contributed by atoms with van der Waals surface area (Å²) in [6.07, 6.45) is 59.4. The van der Waals surface area contributed by atoms with Crippen LogP contribution in [0.25, 0.3) is 0 Å². The van der Waals surface area contributed by atoms with Gasteiger partial charge in [-0.3, -0.25) is 37.3 Å². The zero-order valence-corrected chi connectivity index (χ0v) is 67.5. The third-order valence-corrected chi connectivity index (χ3v) is 21.5. The number of carbonyl (C=O) groups excluding carboxylic acids is 4. The van der Waals surface area contributed by atoms with Crippen molar-refractivity contribution in [3.8, 4) is 0 Å². The number of rotatable bonds is 79. The van der Waals surface area contributed by atoms with Gasteiger partial charge in [-0.2, -0.15) is 0 Å². The van der Waals surface area contributed by atoms with Crippen LogP contribution < -0.4 is 0 Å². The Hall–Kier alpha value is -1.94. The topological polar surface area (TPSA) is 237 Å².